The van der Waals surface area contributed by atoms with E-state index in [9.17, 15) is 4.79 Å². The van der Waals surface area contributed by atoms with Gasteiger partial charge in [-0.15, -0.1) is 0 Å². The van der Waals surface area contributed by atoms with Crippen LogP contribution in [0.2, 0.25) is 0 Å². The van der Waals surface area contributed by atoms with Crippen LogP contribution in [0.5, 0.6) is 0 Å². The van der Waals surface area contributed by atoms with Crippen molar-refractivity contribution in [1.29, 1.82) is 5.26 Å². The Kier molecular flexibility index (Phi) is 2.05. The molecule has 2 aromatic rings. The zero-order valence-electron chi connectivity index (χ0n) is 8.61. The van der Waals surface area contributed by atoms with Gasteiger partial charge in [0.15, 0.2) is 6.29 Å². The van der Waals surface area contributed by atoms with Crippen molar-refractivity contribution in [3.8, 4) is 6.07 Å². The maximum atomic E-state index is 10.9. The number of aromatic nitrogens is 1. The summed E-state index contributed by atoms with van der Waals surface area (Å²) in [7, 11) is 1.85. The second-order valence-electron chi connectivity index (χ2n) is 3.53. The van der Waals surface area contributed by atoms with Crippen molar-refractivity contribution in [2.24, 2.45) is 7.05 Å². The molecule has 0 aliphatic heterocycles. The van der Waals surface area contributed by atoms with Gasteiger partial charge in [-0.3, -0.25) is 4.79 Å². The van der Waals surface area contributed by atoms with Crippen LogP contribution in [0.4, 0.5) is 0 Å². The van der Waals surface area contributed by atoms with Crippen LogP contribution in [0, 0.1) is 18.3 Å². The Morgan fingerprint density at radius 3 is 2.80 bits per heavy atom. The fourth-order valence-corrected chi connectivity index (χ4v) is 1.89. The monoisotopic (exact) mass is 198 g/mol. The maximum absolute atomic E-state index is 10.9. The van der Waals surface area contributed by atoms with Gasteiger partial charge in [0.1, 0.15) is 0 Å². The summed E-state index contributed by atoms with van der Waals surface area (Å²) in [6.45, 7) is 1.90. The number of hydrogen-bond acceptors (Lipinski definition) is 2. The molecule has 0 bridgehead atoms. The Bertz CT molecular complexity index is 588. The van der Waals surface area contributed by atoms with Gasteiger partial charge < -0.3 is 4.57 Å². The number of nitriles is 1. The lowest BCUT2D eigenvalue weighted by molar-refractivity contribution is 0.111. The van der Waals surface area contributed by atoms with Crippen LogP contribution >= 0.6 is 0 Å². The summed E-state index contributed by atoms with van der Waals surface area (Å²) in [5.41, 5.74) is 3.20. The van der Waals surface area contributed by atoms with Gasteiger partial charge in [0.05, 0.1) is 17.3 Å². The van der Waals surface area contributed by atoms with E-state index < -0.39 is 0 Å². The molecular formula is C12H10N2O. The van der Waals surface area contributed by atoms with Crippen LogP contribution in [-0.2, 0) is 7.05 Å². The molecule has 0 aliphatic rings. The molecule has 3 nitrogen and oxygen atoms in total. The Morgan fingerprint density at radius 1 is 1.47 bits per heavy atom. The summed E-state index contributed by atoms with van der Waals surface area (Å²) in [6, 6.07) is 7.54. The first kappa shape index (κ1) is 9.47. The van der Waals surface area contributed by atoms with Gasteiger partial charge in [-0.2, -0.15) is 5.26 Å². The van der Waals surface area contributed by atoms with E-state index >= 15 is 0 Å². The van der Waals surface area contributed by atoms with Gasteiger partial charge in [-0.05, 0) is 30.7 Å². The van der Waals surface area contributed by atoms with Crippen molar-refractivity contribution in [1.82, 2.24) is 4.57 Å². The van der Waals surface area contributed by atoms with Gasteiger partial charge in [0, 0.05) is 18.0 Å². The molecule has 1 aromatic carbocycles. The van der Waals surface area contributed by atoms with E-state index in [2.05, 4.69) is 6.07 Å². The number of rotatable bonds is 1. The molecule has 0 saturated heterocycles. The van der Waals surface area contributed by atoms with E-state index in [-0.39, 0.29) is 0 Å². The zero-order chi connectivity index (χ0) is 11.0. The van der Waals surface area contributed by atoms with Gasteiger partial charge in [0.2, 0.25) is 0 Å². The van der Waals surface area contributed by atoms with Crippen LogP contribution in [0.1, 0.15) is 21.6 Å². The number of fused-ring (bicyclic) bond motifs is 1. The standard InChI is InChI=1S/C12H10N2O/c1-8-10-5-9(6-13)3-4-11(10)14(2)12(8)7-15/h3-5,7H,1-2H3. The van der Waals surface area contributed by atoms with Crippen molar-refractivity contribution in [2.75, 3.05) is 0 Å². The smallest absolute Gasteiger partial charge is 0.166 e. The van der Waals surface area contributed by atoms with Gasteiger partial charge in [0.25, 0.3) is 0 Å². The van der Waals surface area contributed by atoms with Crippen LogP contribution in [0.3, 0.4) is 0 Å². The predicted molar refractivity (Wildman–Crippen MR) is 57.8 cm³/mol. The van der Waals surface area contributed by atoms with E-state index in [0.29, 0.717) is 11.3 Å². The third-order valence-electron chi connectivity index (χ3n) is 2.75. The number of hydrogen-bond donors (Lipinski definition) is 0. The Labute approximate surface area is 87.5 Å². The van der Waals surface area contributed by atoms with E-state index in [1.54, 1.807) is 6.07 Å². The van der Waals surface area contributed by atoms with Crippen molar-refractivity contribution in [2.45, 2.75) is 6.92 Å². The first-order valence-electron chi connectivity index (χ1n) is 4.63. The van der Waals surface area contributed by atoms with Crippen LogP contribution in [0.15, 0.2) is 18.2 Å². The van der Waals surface area contributed by atoms with Gasteiger partial charge in [-0.25, -0.2) is 0 Å². The lowest BCUT2D eigenvalue weighted by Crippen LogP contribution is -1.94. The van der Waals surface area contributed by atoms with Gasteiger partial charge in [-0.1, -0.05) is 0 Å². The van der Waals surface area contributed by atoms with Gasteiger partial charge >= 0.3 is 0 Å². The maximum Gasteiger partial charge on any atom is 0.166 e. The molecule has 15 heavy (non-hydrogen) atoms. The van der Waals surface area contributed by atoms with Crippen LogP contribution < -0.4 is 0 Å². The van der Waals surface area contributed by atoms with Crippen LogP contribution in [-0.4, -0.2) is 10.9 Å². The topological polar surface area (TPSA) is 45.8 Å². The minimum Gasteiger partial charge on any atom is -0.341 e. The molecule has 0 fully saturated rings. The average Bonchev–Trinajstić information content (AvgIpc) is 2.51. The molecule has 0 amide bonds. The SMILES string of the molecule is Cc1c(C=O)n(C)c2ccc(C#N)cc12. The Morgan fingerprint density at radius 2 is 2.20 bits per heavy atom. The molecule has 3 heteroatoms. The molecule has 1 heterocycles. The molecule has 0 N–H and O–H groups in total. The molecular weight excluding hydrogens is 188 g/mol. The molecule has 0 aliphatic carbocycles. The fourth-order valence-electron chi connectivity index (χ4n) is 1.89. The third kappa shape index (κ3) is 1.23. The van der Waals surface area contributed by atoms with Crippen molar-refractivity contribution >= 4 is 17.2 Å². The molecule has 0 unspecified atom stereocenters. The Hall–Kier alpha value is -2.08. The molecule has 74 valence electrons. The quantitative estimate of drug-likeness (QED) is 0.659. The fraction of sp³-hybridized carbons (Fsp3) is 0.167. The summed E-state index contributed by atoms with van der Waals surface area (Å²) < 4.78 is 1.85. The summed E-state index contributed by atoms with van der Waals surface area (Å²) in [5.74, 6) is 0. The summed E-state index contributed by atoms with van der Waals surface area (Å²) in [4.78, 5) is 10.9. The minimum absolute atomic E-state index is 0.619. The first-order chi connectivity index (χ1) is 7.19. The largest absolute Gasteiger partial charge is 0.341 e. The summed E-state index contributed by atoms with van der Waals surface area (Å²) in [5, 5.41) is 9.77. The van der Waals surface area contributed by atoms with E-state index in [1.165, 1.54) is 0 Å². The number of carbonyl (C=O) groups is 1. The number of carbonyl (C=O) groups excluding carboxylic acids is 1. The minimum atomic E-state index is 0.619. The molecule has 0 spiro atoms. The highest BCUT2D eigenvalue weighted by Gasteiger charge is 2.10. The van der Waals surface area contributed by atoms with Crippen molar-refractivity contribution in [3.63, 3.8) is 0 Å². The van der Waals surface area contributed by atoms with Crippen molar-refractivity contribution < 1.29 is 4.79 Å². The van der Waals surface area contributed by atoms with E-state index in [1.807, 2.05) is 30.7 Å². The predicted octanol–water partition coefficient (Wildman–Crippen LogP) is 2.17. The summed E-state index contributed by atoms with van der Waals surface area (Å²) in [6.07, 6.45) is 0.849. The summed E-state index contributed by atoms with van der Waals surface area (Å²) >= 11 is 0. The van der Waals surface area contributed by atoms with E-state index in [4.69, 9.17) is 5.26 Å². The Balaban J connectivity index is 2.91. The van der Waals surface area contributed by atoms with E-state index in [0.717, 1.165) is 22.8 Å². The third-order valence-corrected chi connectivity index (χ3v) is 2.75. The highest BCUT2D eigenvalue weighted by molar-refractivity contribution is 5.93. The molecule has 2 rings (SSSR count). The highest BCUT2D eigenvalue weighted by Crippen LogP contribution is 2.24. The normalized spacial score (nSPS) is 10.2. The second-order valence-corrected chi connectivity index (χ2v) is 3.53. The molecule has 0 saturated carbocycles. The second kappa shape index (κ2) is 3.25. The van der Waals surface area contributed by atoms with Crippen molar-refractivity contribution in [3.05, 3.63) is 35.0 Å². The lowest BCUT2D eigenvalue weighted by atomic mass is 10.1. The van der Waals surface area contributed by atoms with Crippen LogP contribution in [0.25, 0.3) is 10.9 Å². The number of nitrogens with zero attached hydrogens (tertiary/aromatic N) is 2. The number of benzene rings is 1. The molecule has 1 aromatic heterocycles. The average molecular weight is 198 g/mol. The molecule has 0 radical (unpaired) electrons. The highest BCUT2D eigenvalue weighted by atomic mass is 16.1. The number of aldehydes is 1. The lowest BCUT2D eigenvalue weighted by Gasteiger charge is -1.96. The first-order valence-corrected chi connectivity index (χ1v) is 4.63. The zero-order valence-corrected chi connectivity index (χ0v) is 8.61. The molecule has 0 atom stereocenters. The number of aryl methyl sites for hydroxylation is 2.